The van der Waals surface area contributed by atoms with Crippen molar-refractivity contribution >= 4 is 23.1 Å². The lowest BCUT2D eigenvalue weighted by Crippen LogP contribution is -2.30. The fraction of sp³-hybridized carbons (Fsp3) is 0.462. The number of nitrogens with one attached hydrogen (secondary N) is 3. The molecule has 1 aliphatic rings. The molecule has 3 N–H and O–H groups in total. The molecule has 2 aromatic rings. The van der Waals surface area contributed by atoms with Crippen LogP contribution in [0.2, 0.25) is 0 Å². The van der Waals surface area contributed by atoms with Crippen LogP contribution in [-0.4, -0.2) is 27.8 Å². The van der Waals surface area contributed by atoms with Crippen molar-refractivity contribution in [3.63, 3.8) is 0 Å². The molecular formula is C13H17N5OS. The number of thiazole rings is 1. The SMILES string of the molecule is O=C(NCCc1nc2c(s1)CCCC2)Nc1cn[nH]c1. The van der Waals surface area contributed by atoms with E-state index in [4.69, 9.17) is 0 Å². The fourth-order valence-corrected chi connectivity index (χ4v) is 3.45. The van der Waals surface area contributed by atoms with Gasteiger partial charge >= 0.3 is 6.03 Å². The summed E-state index contributed by atoms with van der Waals surface area (Å²) >= 11 is 1.79. The van der Waals surface area contributed by atoms with Crippen LogP contribution in [0.25, 0.3) is 0 Å². The van der Waals surface area contributed by atoms with Gasteiger partial charge < -0.3 is 10.6 Å². The van der Waals surface area contributed by atoms with E-state index in [9.17, 15) is 4.79 Å². The van der Waals surface area contributed by atoms with E-state index < -0.39 is 0 Å². The van der Waals surface area contributed by atoms with Gasteiger partial charge in [0, 0.05) is 24.0 Å². The smallest absolute Gasteiger partial charge is 0.319 e. The van der Waals surface area contributed by atoms with Crippen molar-refractivity contribution in [1.82, 2.24) is 20.5 Å². The van der Waals surface area contributed by atoms with Crippen LogP contribution in [0.4, 0.5) is 10.5 Å². The number of rotatable bonds is 4. The minimum atomic E-state index is -0.215. The zero-order chi connectivity index (χ0) is 13.8. The van der Waals surface area contributed by atoms with Gasteiger partial charge in [0.25, 0.3) is 0 Å². The summed E-state index contributed by atoms with van der Waals surface area (Å²) in [7, 11) is 0. The van der Waals surface area contributed by atoms with Gasteiger partial charge in [-0.25, -0.2) is 9.78 Å². The van der Waals surface area contributed by atoms with Crippen molar-refractivity contribution in [3.05, 3.63) is 28.0 Å². The van der Waals surface area contributed by atoms with Gasteiger partial charge in [0.05, 0.1) is 22.6 Å². The normalized spacial score (nSPS) is 13.8. The van der Waals surface area contributed by atoms with Gasteiger partial charge in [-0.1, -0.05) is 0 Å². The number of urea groups is 1. The van der Waals surface area contributed by atoms with E-state index in [-0.39, 0.29) is 6.03 Å². The van der Waals surface area contributed by atoms with Crippen LogP contribution in [0.5, 0.6) is 0 Å². The maximum Gasteiger partial charge on any atom is 0.319 e. The lowest BCUT2D eigenvalue weighted by Gasteiger charge is -2.06. The molecule has 0 unspecified atom stereocenters. The molecule has 2 heterocycles. The molecule has 0 saturated carbocycles. The average Bonchev–Trinajstić information content (AvgIpc) is 3.07. The molecule has 0 radical (unpaired) electrons. The number of aromatic amines is 1. The quantitative estimate of drug-likeness (QED) is 0.807. The molecule has 0 aliphatic heterocycles. The number of anilines is 1. The summed E-state index contributed by atoms with van der Waals surface area (Å²) in [5.41, 5.74) is 1.94. The monoisotopic (exact) mass is 291 g/mol. The topological polar surface area (TPSA) is 82.7 Å². The highest BCUT2D eigenvalue weighted by Crippen LogP contribution is 2.26. The molecule has 106 valence electrons. The predicted octanol–water partition coefficient (Wildman–Crippen LogP) is 2.11. The number of carbonyl (C=O) groups is 1. The second kappa shape index (κ2) is 6.04. The number of H-pyrrole nitrogens is 1. The highest BCUT2D eigenvalue weighted by Gasteiger charge is 2.14. The van der Waals surface area contributed by atoms with Crippen LogP contribution in [0, 0.1) is 0 Å². The first-order valence-electron chi connectivity index (χ1n) is 6.82. The number of amides is 2. The van der Waals surface area contributed by atoms with Crippen molar-refractivity contribution < 1.29 is 4.79 Å². The maximum absolute atomic E-state index is 11.6. The van der Waals surface area contributed by atoms with E-state index in [1.54, 1.807) is 23.7 Å². The summed E-state index contributed by atoms with van der Waals surface area (Å²) in [4.78, 5) is 17.7. The summed E-state index contributed by atoms with van der Waals surface area (Å²) in [6.45, 7) is 0.593. The highest BCUT2D eigenvalue weighted by atomic mass is 32.1. The van der Waals surface area contributed by atoms with Crippen LogP contribution in [0.15, 0.2) is 12.4 Å². The van der Waals surface area contributed by atoms with Crippen LogP contribution < -0.4 is 10.6 Å². The Morgan fingerprint density at radius 2 is 2.30 bits per heavy atom. The Labute approximate surface area is 121 Å². The van der Waals surface area contributed by atoms with Crippen molar-refractivity contribution in [2.45, 2.75) is 32.1 Å². The Balaban J connectivity index is 1.45. The van der Waals surface area contributed by atoms with Gasteiger partial charge in [0.1, 0.15) is 0 Å². The van der Waals surface area contributed by atoms with E-state index >= 15 is 0 Å². The van der Waals surface area contributed by atoms with Gasteiger partial charge in [0.2, 0.25) is 0 Å². The summed E-state index contributed by atoms with van der Waals surface area (Å²) in [5.74, 6) is 0. The predicted molar refractivity (Wildman–Crippen MR) is 78.1 cm³/mol. The van der Waals surface area contributed by atoms with Gasteiger partial charge in [-0.2, -0.15) is 5.10 Å². The summed E-state index contributed by atoms with van der Waals surface area (Å²) in [5, 5.41) is 13.1. The number of carbonyl (C=O) groups excluding carboxylic acids is 1. The second-order valence-electron chi connectivity index (χ2n) is 4.80. The van der Waals surface area contributed by atoms with Gasteiger partial charge in [-0.05, 0) is 25.7 Å². The first-order valence-corrected chi connectivity index (χ1v) is 7.64. The molecule has 0 aromatic carbocycles. The lowest BCUT2D eigenvalue weighted by molar-refractivity contribution is 0.252. The van der Waals surface area contributed by atoms with E-state index in [1.807, 2.05) is 0 Å². The van der Waals surface area contributed by atoms with Crippen molar-refractivity contribution in [3.8, 4) is 0 Å². The average molecular weight is 291 g/mol. The van der Waals surface area contributed by atoms with E-state index in [2.05, 4.69) is 25.8 Å². The molecule has 2 aromatic heterocycles. The van der Waals surface area contributed by atoms with Gasteiger partial charge in [-0.3, -0.25) is 5.10 Å². The van der Waals surface area contributed by atoms with Crippen molar-refractivity contribution in [2.24, 2.45) is 0 Å². The Bertz CT molecular complexity index is 554. The second-order valence-corrected chi connectivity index (χ2v) is 5.97. The van der Waals surface area contributed by atoms with E-state index in [1.165, 1.54) is 29.8 Å². The van der Waals surface area contributed by atoms with Gasteiger partial charge in [-0.15, -0.1) is 11.3 Å². The molecule has 0 bridgehead atoms. The van der Waals surface area contributed by atoms with E-state index in [0.717, 1.165) is 17.8 Å². The van der Waals surface area contributed by atoms with Crippen LogP contribution in [0.1, 0.15) is 28.4 Å². The Morgan fingerprint density at radius 3 is 3.10 bits per heavy atom. The summed E-state index contributed by atoms with van der Waals surface area (Å²) in [6, 6.07) is -0.215. The Hall–Kier alpha value is -1.89. The van der Waals surface area contributed by atoms with Crippen LogP contribution in [-0.2, 0) is 19.3 Å². The van der Waals surface area contributed by atoms with Gasteiger partial charge in [0.15, 0.2) is 0 Å². The molecule has 1 aliphatic carbocycles. The minimum absolute atomic E-state index is 0.215. The first-order chi connectivity index (χ1) is 9.81. The summed E-state index contributed by atoms with van der Waals surface area (Å²) in [6.07, 6.45) is 8.79. The fourth-order valence-electron chi connectivity index (χ4n) is 2.29. The molecule has 0 saturated heterocycles. The molecule has 2 amide bonds. The molecule has 0 spiro atoms. The Morgan fingerprint density at radius 1 is 1.40 bits per heavy atom. The molecule has 20 heavy (non-hydrogen) atoms. The number of aromatic nitrogens is 3. The maximum atomic E-state index is 11.6. The number of nitrogens with zero attached hydrogens (tertiary/aromatic N) is 2. The Kier molecular flexibility index (Phi) is 3.96. The van der Waals surface area contributed by atoms with Crippen LogP contribution in [0.3, 0.4) is 0 Å². The number of fused-ring (bicyclic) bond motifs is 1. The highest BCUT2D eigenvalue weighted by molar-refractivity contribution is 7.11. The molecule has 3 rings (SSSR count). The molecule has 7 heteroatoms. The third-order valence-corrected chi connectivity index (χ3v) is 4.49. The summed E-state index contributed by atoms with van der Waals surface area (Å²) < 4.78 is 0. The number of hydrogen-bond donors (Lipinski definition) is 3. The van der Waals surface area contributed by atoms with Crippen molar-refractivity contribution in [1.29, 1.82) is 0 Å². The molecule has 6 nitrogen and oxygen atoms in total. The zero-order valence-corrected chi connectivity index (χ0v) is 11.9. The third-order valence-electron chi connectivity index (χ3n) is 3.27. The number of aryl methyl sites for hydroxylation is 2. The van der Waals surface area contributed by atoms with E-state index in [0.29, 0.717) is 12.2 Å². The molecule has 0 fully saturated rings. The minimum Gasteiger partial charge on any atom is -0.337 e. The molecular weight excluding hydrogens is 274 g/mol. The standard InChI is InChI=1S/C13H17N5OS/c19-13(17-9-7-15-16-8-9)14-6-5-12-18-10-3-1-2-4-11(10)20-12/h7-8H,1-6H2,(H,15,16)(H2,14,17,19). The van der Waals surface area contributed by atoms with Crippen molar-refractivity contribution in [2.75, 3.05) is 11.9 Å². The third kappa shape index (κ3) is 3.16. The van der Waals surface area contributed by atoms with Crippen LogP contribution >= 0.6 is 11.3 Å². The number of hydrogen-bond acceptors (Lipinski definition) is 4. The lowest BCUT2D eigenvalue weighted by atomic mass is 10.0. The molecule has 0 atom stereocenters. The first kappa shape index (κ1) is 13.1. The zero-order valence-electron chi connectivity index (χ0n) is 11.1. The largest absolute Gasteiger partial charge is 0.337 e.